The molecule has 0 aliphatic carbocycles. The highest BCUT2D eigenvalue weighted by molar-refractivity contribution is 6.32. The number of nitrogens with one attached hydrogen (secondary N) is 1. The minimum absolute atomic E-state index is 0.151. The van der Waals surface area contributed by atoms with Crippen molar-refractivity contribution < 1.29 is 13.9 Å². The van der Waals surface area contributed by atoms with E-state index in [2.05, 4.69) is 24.4 Å². The lowest BCUT2D eigenvalue weighted by Crippen LogP contribution is -2.18. The number of benzene rings is 3. The first-order chi connectivity index (χ1) is 14.0. The second kappa shape index (κ2) is 9.97. The molecule has 0 amide bonds. The first-order valence-corrected chi connectivity index (χ1v) is 9.95. The predicted molar refractivity (Wildman–Crippen MR) is 115 cm³/mol. The maximum atomic E-state index is 13.2. The average Bonchev–Trinajstić information content (AvgIpc) is 2.72. The van der Waals surface area contributed by atoms with E-state index >= 15 is 0 Å². The Morgan fingerprint density at radius 1 is 1.00 bits per heavy atom. The zero-order valence-electron chi connectivity index (χ0n) is 16.2. The molecular formula is C23H22Cl2FNO2. The first-order valence-electron chi connectivity index (χ1n) is 9.19. The van der Waals surface area contributed by atoms with Crippen LogP contribution in [0.1, 0.15) is 29.7 Å². The molecule has 1 N–H and O–H groups in total. The zero-order valence-corrected chi connectivity index (χ0v) is 17.7. The van der Waals surface area contributed by atoms with Gasteiger partial charge in [-0.15, -0.1) is 0 Å². The largest absolute Gasteiger partial charge is 0.493 e. The topological polar surface area (TPSA) is 30.5 Å². The number of hydrogen-bond acceptors (Lipinski definition) is 3. The van der Waals surface area contributed by atoms with Gasteiger partial charge in [-0.3, -0.25) is 0 Å². The highest BCUT2D eigenvalue weighted by Crippen LogP contribution is 2.37. The Morgan fingerprint density at radius 2 is 1.76 bits per heavy atom. The normalized spacial score (nSPS) is 11.9. The summed E-state index contributed by atoms with van der Waals surface area (Å²) >= 11 is 12.5. The van der Waals surface area contributed by atoms with Crippen LogP contribution >= 0.6 is 23.2 Å². The molecule has 0 heterocycles. The van der Waals surface area contributed by atoms with Crippen LogP contribution in [0.4, 0.5) is 4.39 Å². The molecule has 0 aliphatic rings. The molecule has 0 saturated carbocycles. The fraction of sp³-hybridized carbons (Fsp3) is 0.217. The Bertz CT molecular complexity index is 967. The highest BCUT2D eigenvalue weighted by atomic mass is 35.5. The van der Waals surface area contributed by atoms with Gasteiger partial charge in [-0.05, 0) is 42.3 Å². The Hall–Kier alpha value is -2.27. The van der Waals surface area contributed by atoms with Crippen LogP contribution in [0.2, 0.25) is 10.0 Å². The van der Waals surface area contributed by atoms with E-state index in [1.165, 1.54) is 17.7 Å². The predicted octanol–water partition coefficient (Wildman–Crippen LogP) is 6.57. The Kier molecular flexibility index (Phi) is 7.37. The van der Waals surface area contributed by atoms with Crippen LogP contribution < -0.4 is 14.8 Å². The van der Waals surface area contributed by atoms with Crippen molar-refractivity contribution in [3.63, 3.8) is 0 Å². The van der Waals surface area contributed by atoms with Crippen molar-refractivity contribution in [1.29, 1.82) is 0 Å². The number of hydrogen-bond donors (Lipinski definition) is 1. The van der Waals surface area contributed by atoms with E-state index in [-0.39, 0.29) is 12.6 Å². The van der Waals surface area contributed by atoms with E-state index in [1.54, 1.807) is 13.2 Å². The van der Waals surface area contributed by atoms with Gasteiger partial charge in [0, 0.05) is 18.2 Å². The maximum absolute atomic E-state index is 13.2. The second-order valence-electron chi connectivity index (χ2n) is 6.65. The molecule has 152 valence electrons. The smallest absolute Gasteiger partial charge is 0.180 e. The lowest BCUT2D eigenvalue weighted by Gasteiger charge is -2.17. The lowest BCUT2D eigenvalue weighted by molar-refractivity contribution is 0.284. The molecule has 0 fully saturated rings. The summed E-state index contributed by atoms with van der Waals surface area (Å²) in [6, 6.07) is 18.3. The second-order valence-corrected chi connectivity index (χ2v) is 7.46. The number of rotatable bonds is 8. The van der Waals surface area contributed by atoms with Crippen molar-refractivity contribution in [2.45, 2.75) is 26.1 Å². The third kappa shape index (κ3) is 5.63. The molecule has 0 aliphatic heterocycles. The van der Waals surface area contributed by atoms with Gasteiger partial charge < -0.3 is 14.8 Å². The van der Waals surface area contributed by atoms with Gasteiger partial charge in [-0.2, -0.15) is 0 Å². The minimum atomic E-state index is -0.393. The van der Waals surface area contributed by atoms with Crippen LogP contribution in [-0.4, -0.2) is 7.11 Å². The summed E-state index contributed by atoms with van der Waals surface area (Å²) in [6.07, 6.45) is 0. The van der Waals surface area contributed by atoms with Gasteiger partial charge in [0.15, 0.2) is 11.5 Å². The van der Waals surface area contributed by atoms with Crippen molar-refractivity contribution >= 4 is 23.2 Å². The zero-order chi connectivity index (χ0) is 20.8. The SMILES string of the molecule is COc1cc(CNC(C)c2ccccc2)cc(Cl)c1OCc1ccc(F)cc1Cl. The van der Waals surface area contributed by atoms with E-state index in [1.807, 2.05) is 30.3 Å². The van der Waals surface area contributed by atoms with Crippen molar-refractivity contribution in [2.24, 2.45) is 0 Å². The van der Waals surface area contributed by atoms with Gasteiger partial charge in [0.05, 0.1) is 17.2 Å². The van der Waals surface area contributed by atoms with E-state index in [4.69, 9.17) is 32.7 Å². The van der Waals surface area contributed by atoms with Crippen molar-refractivity contribution in [2.75, 3.05) is 7.11 Å². The molecular weight excluding hydrogens is 412 g/mol. The van der Waals surface area contributed by atoms with Crippen LogP contribution in [0, 0.1) is 5.82 Å². The molecule has 0 aromatic heterocycles. The van der Waals surface area contributed by atoms with Crippen LogP contribution in [0.15, 0.2) is 60.7 Å². The molecule has 3 nitrogen and oxygen atoms in total. The molecule has 0 saturated heterocycles. The number of ether oxygens (including phenoxy) is 2. The molecule has 1 unspecified atom stereocenters. The van der Waals surface area contributed by atoms with Gasteiger partial charge >= 0.3 is 0 Å². The van der Waals surface area contributed by atoms with Crippen LogP contribution in [0.3, 0.4) is 0 Å². The highest BCUT2D eigenvalue weighted by Gasteiger charge is 2.14. The van der Waals surface area contributed by atoms with Crippen LogP contribution in [-0.2, 0) is 13.2 Å². The van der Waals surface area contributed by atoms with Crippen molar-refractivity contribution in [3.8, 4) is 11.5 Å². The Balaban J connectivity index is 1.70. The van der Waals surface area contributed by atoms with Gasteiger partial charge in [-0.25, -0.2) is 4.39 Å². The minimum Gasteiger partial charge on any atom is -0.493 e. The third-order valence-corrected chi connectivity index (χ3v) is 5.22. The van der Waals surface area contributed by atoms with Gasteiger partial charge in [0.1, 0.15) is 12.4 Å². The molecule has 0 bridgehead atoms. The summed E-state index contributed by atoms with van der Waals surface area (Å²) in [4.78, 5) is 0. The van der Waals surface area contributed by atoms with Gasteiger partial charge in [0.25, 0.3) is 0 Å². The molecule has 0 spiro atoms. The monoisotopic (exact) mass is 433 g/mol. The van der Waals surface area contributed by atoms with Crippen LogP contribution in [0.25, 0.3) is 0 Å². The van der Waals surface area contributed by atoms with Crippen molar-refractivity contribution in [1.82, 2.24) is 5.32 Å². The molecule has 0 radical (unpaired) electrons. The van der Waals surface area contributed by atoms with E-state index in [0.29, 0.717) is 33.7 Å². The molecule has 6 heteroatoms. The summed E-state index contributed by atoms with van der Waals surface area (Å²) in [5.74, 6) is 0.560. The molecule has 1 atom stereocenters. The number of halogens is 3. The van der Waals surface area contributed by atoms with E-state index < -0.39 is 5.82 Å². The quantitative estimate of drug-likeness (QED) is 0.435. The Labute approximate surface area is 180 Å². The fourth-order valence-corrected chi connectivity index (χ4v) is 3.44. The fourth-order valence-electron chi connectivity index (χ4n) is 2.93. The summed E-state index contributed by atoms with van der Waals surface area (Å²) in [6.45, 7) is 2.88. The van der Waals surface area contributed by atoms with E-state index in [0.717, 1.165) is 5.56 Å². The summed E-state index contributed by atoms with van der Waals surface area (Å²) in [5.41, 5.74) is 2.84. The summed E-state index contributed by atoms with van der Waals surface area (Å²) < 4.78 is 24.5. The van der Waals surface area contributed by atoms with Crippen molar-refractivity contribution in [3.05, 3.63) is 93.2 Å². The third-order valence-electron chi connectivity index (χ3n) is 4.59. The van der Waals surface area contributed by atoms with Gasteiger partial charge in [0.2, 0.25) is 0 Å². The number of methoxy groups -OCH3 is 1. The molecule has 3 aromatic rings. The average molecular weight is 434 g/mol. The Morgan fingerprint density at radius 3 is 2.45 bits per heavy atom. The standard InChI is InChI=1S/C23H22Cl2FNO2/c1-15(17-6-4-3-5-7-17)27-13-16-10-21(25)23(22(11-16)28-2)29-14-18-8-9-19(26)12-20(18)24/h3-12,15,27H,13-14H2,1-2H3. The lowest BCUT2D eigenvalue weighted by atomic mass is 10.1. The van der Waals surface area contributed by atoms with E-state index in [9.17, 15) is 4.39 Å². The van der Waals surface area contributed by atoms with Crippen LogP contribution in [0.5, 0.6) is 11.5 Å². The summed E-state index contributed by atoms with van der Waals surface area (Å²) in [5, 5.41) is 4.21. The molecule has 3 rings (SSSR count). The van der Waals surface area contributed by atoms with Gasteiger partial charge in [-0.1, -0.05) is 59.6 Å². The molecule has 3 aromatic carbocycles. The summed E-state index contributed by atoms with van der Waals surface area (Å²) in [7, 11) is 1.56. The first kappa shape index (κ1) is 21.4. The maximum Gasteiger partial charge on any atom is 0.180 e. The molecule has 29 heavy (non-hydrogen) atoms.